The Morgan fingerprint density at radius 3 is 3.07 bits per heavy atom. The molecule has 0 radical (unpaired) electrons. The molecule has 0 bridgehead atoms. The normalized spacial score (nSPS) is 19.1. The van der Waals surface area contributed by atoms with Gasteiger partial charge < -0.3 is 14.2 Å². The van der Waals surface area contributed by atoms with Crippen LogP contribution in [0.3, 0.4) is 0 Å². The first-order valence-corrected chi connectivity index (χ1v) is 11.4. The summed E-state index contributed by atoms with van der Waals surface area (Å²) >= 11 is 3.44. The number of rotatable bonds is 4. The molecular weight excluding hydrogens is 406 g/mol. The smallest absolute Gasteiger partial charge is 0.228 e. The molecule has 0 aromatic carbocycles. The van der Waals surface area contributed by atoms with Crippen LogP contribution in [-0.4, -0.2) is 39.7 Å². The highest BCUT2D eigenvalue weighted by Gasteiger charge is 2.37. The number of fused-ring (bicyclic) bond motifs is 1. The molecule has 1 saturated heterocycles. The molecule has 1 fully saturated rings. The molecule has 8 heteroatoms. The van der Waals surface area contributed by atoms with Gasteiger partial charge in [0, 0.05) is 36.3 Å². The molecule has 29 heavy (non-hydrogen) atoms. The first-order valence-electron chi connectivity index (χ1n) is 9.70. The molecule has 5 rings (SSSR count). The van der Waals surface area contributed by atoms with Gasteiger partial charge in [-0.25, -0.2) is 4.98 Å². The summed E-state index contributed by atoms with van der Waals surface area (Å²) in [6.07, 6.45) is 2.76. The summed E-state index contributed by atoms with van der Waals surface area (Å²) < 4.78 is 5.34. The molecule has 0 aliphatic carbocycles. The highest BCUT2D eigenvalue weighted by Crippen LogP contribution is 2.36. The van der Waals surface area contributed by atoms with E-state index in [9.17, 15) is 9.59 Å². The Kier molecular flexibility index (Phi) is 4.75. The maximum Gasteiger partial charge on any atom is 0.228 e. The lowest BCUT2D eigenvalue weighted by Crippen LogP contribution is -2.40. The van der Waals surface area contributed by atoms with Crippen LogP contribution in [0.5, 0.6) is 0 Å². The molecule has 2 aliphatic rings. The standard InChI is InChI=1S/C21H21N3O3S2/c1-13-22-17(12-28-13)19-7-14-9-23(5-4-18(14)29-19)21(26)15-8-20(25)24(10-15)11-16-3-2-6-27-16/h2-3,6-7,12,15H,4-5,8-11H2,1H3. The van der Waals surface area contributed by atoms with E-state index in [-0.39, 0.29) is 24.2 Å². The van der Waals surface area contributed by atoms with Gasteiger partial charge in [-0.15, -0.1) is 22.7 Å². The van der Waals surface area contributed by atoms with Gasteiger partial charge in [-0.1, -0.05) is 0 Å². The Morgan fingerprint density at radius 2 is 2.31 bits per heavy atom. The van der Waals surface area contributed by atoms with Crippen LogP contribution in [0, 0.1) is 12.8 Å². The van der Waals surface area contributed by atoms with E-state index in [4.69, 9.17) is 4.42 Å². The minimum Gasteiger partial charge on any atom is -0.467 e. The number of carbonyl (C=O) groups is 2. The van der Waals surface area contributed by atoms with Gasteiger partial charge in [0.25, 0.3) is 0 Å². The summed E-state index contributed by atoms with van der Waals surface area (Å²) in [6, 6.07) is 5.84. The fourth-order valence-corrected chi connectivity index (χ4v) is 5.87. The highest BCUT2D eigenvalue weighted by molar-refractivity contribution is 7.16. The van der Waals surface area contributed by atoms with Crippen molar-refractivity contribution in [3.8, 4) is 10.6 Å². The minimum atomic E-state index is -0.265. The fourth-order valence-electron chi connectivity index (χ4n) is 4.06. The van der Waals surface area contributed by atoms with Crippen molar-refractivity contribution in [2.45, 2.75) is 32.9 Å². The number of aromatic nitrogens is 1. The van der Waals surface area contributed by atoms with Crippen molar-refractivity contribution in [1.82, 2.24) is 14.8 Å². The number of furan rings is 1. The van der Waals surface area contributed by atoms with Crippen LogP contribution in [0.4, 0.5) is 0 Å². The molecule has 1 atom stereocenters. The van der Waals surface area contributed by atoms with Gasteiger partial charge in [-0.2, -0.15) is 0 Å². The van der Waals surface area contributed by atoms with Crippen molar-refractivity contribution in [1.29, 1.82) is 0 Å². The van der Waals surface area contributed by atoms with E-state index >= 15 is 0 Å². The minimum absolute atomic E-state index is 0.0224. The van der Waals surface area contributed by atoms with Crippen molar-refractivity contribution in [2.75, 3.05) is 13.1 Å². The molecule has 1 unspecified atom stereocenters. The second kappa shape index (κ2) is 7.42. The summed E-state index contributed by atoms with van der Waals surface area (Å²) in [7, 11) is 0. The summed E-state index contributed by atoms with van der Waals surface area (Å²) in [5, 5.41) is 3.15. The van der Waals surface area contributed by atoms with E-state index in [1.807, 2.05) is 24.0 Å². The Balaban J connectivity index is 1.26. The summed E-state index contributed by atoms with van der Waals surface area (Å²) in [6.45, 7) is 4.25. The molecule has 150 valence electrons. The lowest BCUT2D eigenvalue weighted by atomic mass is 10.0. The zero-order chi connectivity index (χ0) is 20.0. The van der Waals surface area contributed by atoms with E-state index in [0.29, 0.717) is 26.2 Å². The van der Waals surface area contributed by atoms with Crippen molar-refractivity contribution in [3.05, 3.63) is 51.1 Å². The molecule has 0 N–H and O–H groups in total. The maximum atomic E-state index is 13.1. The number of nitrogens with zero attached hydrogens (tertiary/aromatic N) is 3. The van der Waals surface area contributed by atoms with Crippen molar-refractivity contribution < 1.29 is 14.0 Å². The van der Waals surface area contributed by atoms with Crippen LogP contribution in [0.25, 0.3) is 10.6 Å². The average molecular weight is 428 g/mol. The number of hydrogen-bond donors (Lipinski definition) is 0. The summed E-state index contributed by atoms with van der Waals surface area (Å²) in [5.41, 5.74) is 2.24. The third-order valence-electron chi connectivity index (χ3n) is 5.54. The number of hydrogen-bond acceptors (Lipinski definition) is 6. The third kappa shape index (κ3) is 3.62. The molecule has 5 heterocycles. The number of thiophene rings is 1. The Morgan fingerprint density at radius 1 is 1.41 bits per heavy atom. The first kappa shape index (κ1) is 18.6. The van der Waals surface area contributed by atoms with E-state index in [0.717, 1.165) is 22.9 Å². The molecular formula is C21H21N3O3S2. The molecule has 2 amide bonds. The number of aryl methyl sites for hydroxylation is 1. The van der Waals surface area contributed by atoms with Gasteiger partial charge in [0.05, 0.1) is 34.3 Å². The fraction of sp³-hybridized carbons (Fsp3) is 0.381. The molecule has 6 nitrogen and oxygen atoms in total. The molecule has 0 saturated carbocycles. The predicted octanol–water partition coefficient (Wildman–Crippen LogP) is 3.71. The molecule has 3 aromatic heterocycles. The van der Waals surface area contributed by atoms with Crippen LogP contribution in [0.2, 0.25) is 0 Å². The van der Waals surface area contributed by atoms with E-state index in [1.165, 1.54) is 15.3 Å². The van der Waals surface area contributed by atoms with Crippen LogP contribution in [0.15, 0.2) is 34.3 Å². The summed E-state index contributed by atoms with van der Waals surface area (Å²) in [5.74, 6) is 0.591. The highest BCUT2D eigenvalue weighted by atomic mass is 32.1. The second-order valence-corrected chi connectivity index (χ2v) is 9.77. The van der Waals surface area contributed by atoms with Crippen LogP contribution < -0.4 is 0 Å². The Bertz CT molecular complexity index is 1050. The Hall–Kier alpha value is -2.45. The quantitative estimate of drug-likeness (QED) is 0.637. The van der Waals surface area contributed by atoms with Gasteiger partial charge in [0.2, 0.25) is 11.8 Å². The number of carbonyl (C=O) groups excluding carboxylic acids is 2. The largest absolute Gasteiger partial charge is 0.467 e. The topological polar surface area (TPSA) is 66.7 Å². The van der Waals surface area contributed by atoms with Gasteiger partial charge in [0.15, 0.2) is 0 Å². The SMILES string of the molecule is Cc1nc(-c2cc3c(s2)CCN(C(=O)C2CC(=O)N(Cc4ccco4)C2)C3)cs1. The third-order valence-corrected chi connectivity index (χ3v) is 7.57. The van der Waals surface area contributed by atoms with Gasteiger partial charge >= 0.3 is 0 Å². The van der Waals surface area contributed by atoms with Gasteiger partial charge in [0.1, 0.15) is 5.76 Å². The van der Waals surface area contributed by atoms with Crippen LogP contribution >= 0.6 is 22.7 Å². The number of likely N-dealkylation sites (tertiary alicyclic amines) is 1. The molecule has 3 aromatic rings. The molecule has 2 aliphatic heterocycles. The van der Waals surface area contributed by atoms with Crippen LogP contribution in [0.1, 0.15) is 27.6 Å². The monoisotopic (exact) mass is 427 g/mol. The average Bonchev–Trinajstić information content (AvgIpc) is 3.48. The van der Waals surface area contributed by atoms with E-state index in [2.05, 4.69) is 16.4 Å². The van der Waals surface area contributed by atoms with Crippen molar-refractivity contribution >= 4 is 34.5 Å². The number of thiazole rings is 1. The lowest BCUT2D eigenvalue weighted by Gasteiger charge is -2.29. The van der Waals surface area contributed by atoms with Crippen molar-refractivity contribution in [3.63, 3.8) is 0 Å². The van der Waals surface area contributed by atoms with Gasteiger partial charge in [-0.3, -0.25) is 9.59 Å². The van der Waals surface area contributed by atoms with E-state index in [1.54, 1.807) is 33.8 Å². The molecule has 0 spiro atoms. The van der Waals surface area contributed by atoms with E-state index < -0.39 is 0 Å². The number of amides is 2. The predicted molar refractivity (Wildman–Crippen MR) is 112 cm³/mol. The zero-order valence-electron chi connectivity index (χ0n) is 16.1. The van der Waals surface area contributed by atoms with Crippen LogP contribution in [-0.2, 0) is 29.1 Å². The van der Waals surface area contributed by atoms with Crippen molar-refractivity contribution in [2.24, 2.45) is 5.92 Å². The first-order chi connectivity index (χ1) is 14.1. The van der Waals surface area contributed by atoms with Gasteiger partial charge in [-0.05, 0) is 37.1 Å². The Labute approximate surface area is 176 Å². The zero-order valence-corrected chi connectivity index (χ0v) is 17.7. The lowest BCUT2D eigenvalue weighted by molar-refractivity contribution is -0.136. The maximum absolute atomic E-state index is 13.1. The second-order valence-electron chi connectivity index (χ2n) is 7.58. The summed E-state index contributed by atoms with van der Waals surface area (Å²) in [4.78, 5) is 36.2.